The number of carbonyl (C=O) groups excluding carboxylic acids is 3. The highest BCUT2D eigenvalue weighted by atomic mass is 35.5. The standard InChI is InChI=1S/C26H22Cl2N8O5/c1-40-24(38)13-21(31-23(37)10-5-16-11-17(27)6-9-22(16)36-14-29-34-35-36)19-12-20(32-33-25(19)28)15-3-7-18(8-4-15)30-26(39)41-2/h3-12,14,21H,13H2,1-2H3,(H,30,39)(H,31,37)/b10-5+. The molecule has 2 aromatic carbocycles. The largest absolute Gasteiger partial charge is 0.469 e. The minimum atomic E-state index is -0.903. The second-order valence-corrected chi connectivity index (χ2v) is 9.10. The molecule has 210 valence electrons. The van der Waals surface area contributed by atoms with Gasteiger partial charge in [-0.2, -0.15) is 4.68 Å². The van der Waals surface area contributed by atoms with Gasteiger partial charge in [0.05, 0.1) is 38.1 Å². The van der Waals surface area contributed by atoms with Crippen LogP contribution in [0.3, 0.4) is 0 Å². The predicted octanol–water partition coefficient (Wildman–Crippen LogP) is 4.04. The van der Waals surface area contributed by atoms with Crippen LogP contribution >= 0.6 is 23.2 Å². The van der Waals surface area contributed by atoms with Crippen molar-refractivity contribution < 1.29 is 23.9 Å². The second kappa shape index (κ2) is 13.5. The number of ether oxygens (including phenoxy) is 2. The van der Waals surface area contributed by atoms with Crippen LogP contribution < -0.4 is 10.6 Å². The van der Waals surface area contributed by atoms with Crippen LogP contribution in [0.4, 0.5) is 10.5 Å². The number of hydrogen-bond acceptors (Lipinski definition) is 10. The third-order valence-corrected chi connectivity index (χ3v) is 6.21. The third kappa shape index (κ3) is 7.62. The van der Waals surface area contributed by atoms with Crippen molar-refractivity contribution in [2.45, 2.75) is 12.5 Å². The summed E-state index contributed by atoms with van der Waals surface area (Å²) in [4.78, 5) is 36.7. The molecule has 0 saturated carbocycles. The Morgan fingerprint density at radius 1 is 1.02 bits per heavy atom. The van der Waals surface area contributed by atoms with E-state index in [9.17, 15) is 14.4 Å². The summed E-state index contributed by atoms with van der Waals surface area (Å²) in [5, 5.41) is 25.0. The SMILES string of the molecule is COC(=O)CC(NC(=O)/C=C/c1cc(Cl)ccc1-n1cnnn1)c1cc(-c2ccc(NC(=O)OC)cc2)nnc1Cl. The molecule has 0 radical (unpaired) electrons. The number of tetrazole rings is 1. The van der Waals surface area contributed by atoms with E-state index in [1.165, 1.54) is 37.4 Å². The summed E-state index contributed by atoms with van der Waals surface area (Å²) in [7, 11) is 2.50. The van der Waals surface area contributed by atoms with E-state index in [1.54, 1.807) is 48.5 Å². The van der Waals surface area contributed by atoms with Crippen molar-refractivity contribution in [2.24, 2.45) is 0 Å². The van der Waals surface area contributed by atoms with Crippen LogP contribution in [0.5, 0.6) is 0 Å². The van der Waals surface area contributed by atoms with Crippen molar-refractivity contribution >= 4 is 52.9 Å². The average molecular weight is 597 g/mol. The van der Waals surface area contributed by atoms with E-state index in [-0.39, 0.29) is 11.6 Å². The molecule has 0 saturated heterocycles. The number of amides is 2. The lowest BCUT2D eigenvalue weighted by Gasteiger charge is -2.18. The Hall–Kier alpha value is -4.88. The maximum atomic E-state index is 13.0. The van der Waals surface area contributed by atoms with Crippen molar-refractivity contribution in [2.75, 3.05) is 19.5 Å². The van der Waals surface area contributed by atoms with Gasteiger partial charge >= 0.3 is 12.1 Å². The Kier molecular flexibility index (Phi) is 9.55. The molecular weight excluding hydrogens is 575 g/mol. The summed E-state index contributed by atoms with van der Waals surface area (Å²) in [6.07, 6.45) is 3.39. The molecule has 0 aliphatic rings. The summed E-state index contributed by atoms with van der Waals surface area (Å²) in [5.74, 6) is -1.11. The molecule has 0 fully saturated rings. The number of anilines is 1. The van der Waals surface area contributed by atoms with Crippen LogP contribution in [-0.4, -0.2) is 62.6 Å². The first kappa shape index (κ1) is 29.1. The summed E-state index contributed by atoms with van der Waals surface area (Å²) >= 11 is 12.5. The van der Waals surface area contributed by atoms with Gasteiger partial charge in [0.1, 0.15) is 6.33 Å². The Bertz CT molecular complexity index is 1580. The van der Waals surface area contributed by atoms with Gasteiger partial charge in [-0.25, -0.2) is 4.79 Å². The number of halogens is 2. The van der Waals surface area contributed by atoms with Gasteiger partial charge in [0, 0.05) is 33.5 Å². The molecule has 41 heavy (non-hydrogen) atoms. The molecule has 15 heteroatoms. The van der Waals surface area contributed by atoms with Gasteiger partial charge in [0.15, 0.2) is 5.15 Å². The molecule has 0 aliphatic carbocycles. The molecule has 2 amide bonds. The highest BCUT2D eigenvalue weighted by Gasteiger charge is 2.23. The van der Waals surface area contributed by atoms with Crippen molar-refractivity contribution in [3.8, 4) is 16.9 Å². The van der Waals surface area contributed by atoms with Crippen molar-refractivity contribution in [1.29, 1.82) is 0 Å². The lowest BCUT2D eigenvalue weighted by molar-refractivity contribution is -0.141. The molecule has 2 heterocycles. The smallest absolute Gasteiger partial charge is 0.411 e. The quantitative estimate of drug-likeness (QED) is 0.213. The monoisotopic (exact) mass is 596 g/mol. The normalized spacial score (nSPS) is 11.6. The van der Waals surface area contributed by atoms with Crippen LogP contribution in [0.2, 0.25) is 10.2 Å². The Morgan fingerprint density at radius 3 is 2.49 bits per heavy atom. The van der Waals surface area contributed by atoms with E-state index < -0.39 is 24.0 Å². The molecule has 2 N–H and O–H groups in total. The molecular formula is C26H22Cl2N8O5. The van der Waals surface area contributed by atoms with Crippen molar-refractivity contribution in [1.82, 2.24) is 35.7 Å². The van der Waals surface area contributed by atoms with E-state index in [2.05, 4.69) is 41.1 Å². The summed E-state index contributed by atoms with van der Waals surface area (Å²) in [6.45, 7) is 0. The third-order valence-electron chi connectivity index (χ3n) is 5.68. The molecule has 4 rings (SSSR count). The van der Waals surface area contributed by atoms with Gasteiger partial charge in [-0.3, -0.25) is 14.9 Å². The van der Waals surface area contributed by atoms with Gasteiger partial charge in [0.25, 0.3) is 0 Å². The molecule has 1 atom stereocenters. The fourth-order valence-corrected chi connectivity index (χ4v) is 4.09. The number of methoxy groups -OCH3 is 2. The van der Waals surface area contributed by atoms with E-state index in [0.29, 0.717) is 38.8 Å². The number of esters is 1. The average Bonchev–Trinajstić information content (AvgIpc) is 3.51. The molecule has 0 bridgehead atoms. The van der Waals surface area contributed by atoms with Crippen molar-refractivity contribution in [3.05, 3.63) is 82.2 Å². The Morgan fingerprint density at radius 2 is 1.80 bits per heavy atom. The van der Waals surface area contributed by atoms with E-state index in [4.69, 9.17) is 27.9 Å². The zero-order chi connectivity index (χ0) is 29.4. The molecule has 4 aromatic rings. The summed E-state index contributed by atoms with van der Waals surface area (Å²) in [5.41, 5.74) is 3.07. The zero-order valence-corrected chi connectivity index (χ0v) is 23.1. The number of benzene rings is 2. The second-order valence-electron chi connectivity index (χ2n) is 8.30. The van der Waals surface area contributed by atoms with Gasteiger partial charge in [-0.1, -0.05) is 35.3 Å². The van der Waals surface area contributed by atoms with E-state index in [0.717, 1.165) is 0 Å². The maximum absolute atomic E-state index is 13.0. The molecule has 1 unspecified atom stereocenters. The summed E-state index contributed by atoms with van der Waals surface area (Å²) < 4.78 is 10.8. The lowest BCUT2D eigenvalue weighted by atomic mass is 10.0. The number of rotatable bonds is 9. The lowest BCUT2D eigenvalue weighted by Crippen LogP contribution is -2.29. The molecule has 0 aliphatic heterocycles. The number of carbonyl (C=O) groups is 3. The Balaban J connectivity index is 1.59. The minimum absolute atomic E-state index is 0.00767. The number of nitrogens with one attached hydrogen (secondary N) is 2. The van der Waals surface area contributed by atoms with Crippen LogP contribution in [0.15, 0.2) is 60.9 Å². The fourth-order valence-electron chi connectivity index (χ4n) is 3.68. The molecule has 13 nitrogen and oxygen atoms in total. The first-order chi connectivity index (χ1) is 19.8. The topological polar surface area (TPSA) is 163 Å². The first-order valence-corrected chi connectivity index (χ1v) is 12.6. The predicted molar refractivity (Wildman–Crippen MR) is 149 cm³/mol. The van der Waals surface area contributed by atoms with Crippen molar-refractivity contribution in [3.63, 3.8) is 0 Å². The number of aromatic nitrogens is 6. The van der Waals surface area contributed by atoms with Crippen LogP contribution in [0, 0.1) is 0 Å². The van der Waals surface area contributed by atoms with Crippen LogP contribution in [0.1, 0.15) is 23.6 Å². The highest BCUT2D eigenvalue weighted by Crippen LogP contribution is 2.29. The van der Waals surface area contributed by atoms with E-state index >= 15 is 0 Å². The Labute approximate surface area is 243 Å². The van der Waals surface area contributed by atoms with Crippen LogP contribution in [0.25, 0.3) is 23.0 Å². The zero-order valence-electron chi connectivity index (χ0n) is 21.6. The van der Waals surface area contributed by atoms with Gasteiger partial charge in [0.2, 0.25) is 5.91 Å². The molecule has 2 aromatic heterocycles. The van der Waals surface area contributed by atoms with Gasteiger partial charge < -0.3 is 14.8 Å². The number of nitrogens with zero attached hydrogens (tertiary/aromatic N) is 6. The maximum Gasteiger partial charge on any atom is 0.411 e. The van der Waals surface area contributed by atoms with Gasteiger partial charge in [-0.15, -0.1) is 15.3 Å². The molecule has 0 spiro atoms. The van der Waals surface area contributed by atoms with Gasteiger partial charge in [-0.05, 0) is 52.9 Å². The highest BCUT2D eigenvalue weighted by molar-refractivity contribution is 6.31. The first-order valence-electron chi connectivity index (χ1n) is 11.8. The van der Waals surface area contributed by atoms with Crippen LogP contribution in [-0.2, 0) is 19.1 Å². The minimum Gasteiger partial charge on any atom is -0.469 e. The fraction of sp³-hybridized carbons (Fsp3) is 0.154. The van der Waals surface area contributed by atoms with E-state index in [1.807, 2.05) is 0 Å². The summed E-state index contributed by atoms with van der Waals surface area (Å²) in [6, 6.07) is 12.5. The number of hydrogen-bond donors (Lipinski definition) is 2.